The summed E-state index contributed by atoms with van der Waals surface area (Å²) in [5.74, 6) is -7.72. The van der Waals surface area contributed by atoms with E-state index in [2.05, 4.69) is 26.6 Å². The predicted molar refractivity (Wildman–Crippen MR) is 329 cm³/mol. The Morgan fingerprint density at radius 2 is 0.954 bits per heavy atom. The highest BCUT2D eigenvalue weighted by atomic mass is 16.5. The topological polar surface area (TPSA) is 283 Å². The van der Waals surface area contributed by atoms with Crippen LogP contribution in [-0.2, 0) is 52.7 Å². The molecule has 1 aromatic carbocycles. The monoisotopic (exact) mass is 1220 g/mol. The maximum atomic E-state index is 15.4. The fourth-order valence-corrected chi connectivity index (χ4v) is 12.4. The van der Waals surface area contributed by atoms with Gasteiger partial charge in [0.25, 0.3) is 0 Å². The molecule has 0 saturated carbocycles. The summed E-state index contributed by atoms with van der Waals surface area (Å²) < 4.78 is 6.93. The Bertz CT molecular complexity index is 2680. The first-order valence-corrected chi connectivity index (χ1v) is 30.9. The van der Waals surface area contributed by atoms with Crippen molar-refractivity contribution in [3.05, 3.63) is 24.3 Å². The van der Waals surface area contributed by atoms with Crippen LogP contribution < -0.4 is 26.6 Å². The SMILES string of the molecule is CC[C@H]1C(=O)N(C)CC(=O)N(C)[C@@H](CC(C)C)C(=O)N[C@H](C(C)C)C(=O)N(C)[C@H](CC(C)C)C(=O)N[C@H](C)C(=O)NC(=O)N(C)[C@H](CC(C)C)C(=O)N(C)C(CC(C)C)C(=O)N(C)[C@@H]2C(=O)N(C)[C@@H]3C(=O)N1[C@H](CC1Nc4ccccc4N1)[C@H]3OC2C. The standard InChI is InChI=1S/C62H101N13O12/c1-21-41-56(80)68(14)31-48(76)69(15)43(26-32(2)3)55(79)66-49(36(10)11)59(83)70(16)44(27-33(4)5)54(78)63-37(12)53(77)67-62(86)72(18)46(29-35(8)9)57(81)71(17)45(28-34(6)7)58(82)73(19)50-38(13)87-52-42(75(41)61(85)51(52)74(20)60(50)84)30-47-64-39-24-22-23-25-40(39)65-47/h22-25,32-38,41-47,49-52,64-65H,21,26-31H2,1-20H3,(H,63,78)(H,66,79)(H,67,77,86)/t37-,38?,41+,42-,43+,44-,45?,46-,49-,50+,51+,52-/m1/s1. The van der Waals surface area contributed by atoms with Crippen molar-refractivity contribution < 1.29 is 57.5 Å². The fourth-order valence-electron chi connectivity index (χ4n) is 12.4. The van der Waals surface area contributed by atoms with Crippen LogP contribution in [0.25, 0.3) is 0 Å². The highest BCUT2D eigenvalue weighted by Gasteiger charge is 2.59. The molecule has 486 valence electrons. The molecule has 0 spiro atoms. The molecule has 5 aliphatic heterocycles. The molecule has 25 nitrogen and oxygen atoms in total. The van der Waals surface area contributed by atoms with E-state index in [1.165, 1.54) is 90.6 Å². The molecule has 5 N–H and O–H groups in total. The second-order valence-electron chi connectivity index (χ2n) is 26.5. The van der Waals surface area contributed by atoms with E-state index in [9.17, 15) is 33.6 Å². The van der Waals surface area contributed by atoms with Crippen LogP contribution in [0.4, 0.5) is 16.2 Å². The third kappa shape index (κ3) is 16.2. The van der Waals surface area contributed by atoms with E-state index in [4.69, 9.17) is 4.74 Å². The predicted octanol–water partition coefficient (Wildman–Crippen LogP) is 2.99. The molecule has 0 aromatic heterocycles. The van der Waals surface area contributed by atoms with Gasteiger partial charge in [0.05, 0.1) is 36.2 Å². The molecule has 4 bridgehead atoms. The average molecular weight is 1220 g/mol. The number of imide groups is 1. The minimum Gasteiger partial charge on any atom is -0.368 e. The summed E-state index contributed by atoms with van der Waals surface area (Å²) in [5, 5.41) is 14.8. The summed E-state index contributed by atoms with van der Waals surface area (Å²) >= 11 is 0. The maximum absolute atomic E-state index is 15.4. The van der Waals surface area contributed by atoms with Gasteiger partial charge >= 0.3 is 6.03 Å². The maximum Gasteiger partial charge on any atom is 0.324 e. The van der Waals surface area contributed by atoms with Crippen molar-refractivity contribution in [2.75, 3.05) is 66.5 Å². The summed E-state index contributed by atoms with van der Waals surface area (Å²) in [6.45, 7) is 22.6. The van der Waals surface area contributed by atoms with Gasteiger partial charge in [0.1, 0.15) is 60.5 Å². The normalized spacial score (nSPS) is 29.0. The fraction of sp³-hybridized carbons (Fsp3) is 0.726. The van der Waals surface area contributed by atoms with Gasteiger partial charge in [-0.2, -0.15) is 0 Å². The van der Waals surface area contributed by atoms with Gasteiger partial charge in [0.2, 0.25) is 59.1 Å². The lowest BCUT2D eigenvalue weighted by Gasteiger charge is -2.40. The third-order valence-electron chi connectivity index (χ3n) is 17.4. The number of ether oxygens (including phenoxy) is 1. The Labute approximate surface area is 515 Å². The van der Waals surface area contributed by atoms with Crippen LogP contribution >= 0.6 is 0 Å². The van der Waals surface area contributed by atoms with Crippen molar-refractivity contribution in [2.45, 2.75) is 207 Å². The van der Waals surface area contributed by atoms with Crippen LogP contribution in [0.3, 0.4) is 0 Å². The molecule has 4 saturated heterocycles. The van der Waals surface area contributed by atoms with Crippen molar-refractivity contribution in [1.29, 1.82) is 0 Å². The minimum absolute atomic E-state index is 0.0873. The second-order valence-corrected chi connectivity index (χ2v) is 26.5. The van der Waals surface area contributed by atoms with E-state index in [0.717, 1.165) is 16.3 Å². The van der Waals surface area contributed by atoms with Gasteiger partial charge in [-0.1, -0.05) is 88.3 Å². The molecule has 5 aliphatic rings. The van der Waals surface area contributed by atoms with Gasteiger partial charge in [-0.15, -0.1) is 0 Å². The summed E-state index contributed by atoms with van der Waals surface area (Å²) in [5.41, 5.74) is 1.62. The lowest BCUT2D eigenvalue weighted by atomic mass is 9.97. The number of fused-ring (bicyclic) bond motifs is 28. The lowest BCUT2D eigenvalue weighted by Crippen LogP contribution is -2.61. The first-order chi connectivity index (χ1) is 40.6. The number of para-hydroxylation sites is 2. The summed E-state index contributed by atoms with van der Waals surface area (Å²) in [6, 6.07) is -5.29. The van der Waals surface area contributed by atoms with Crippen molar-refractivity contribution in [2.24, 2.45) is 29.6 Å². The van der Waals surface area contributed by atoms with E-state index < -0.39 is 156 Å². The Hall–Kier alpha value is -7.05. The number of hydrogen-bond acceptors (Lipinski definition) is 14. The van der Waals surface area contributed by atoms with Crippen molar-refractivity contribution in [3.63, 3.8) is 0 Å². The molecular weight excluding hydrogens is 1120 g/mol. The largest absolute Gasteiger partial charge is 0.368 e. The van der Waals surface area contributed by atoms with E-state index in [-0.39, 0.29) is 62.2 Å². The number of carbonyl (C=O) groups is 11. The molecule has 5 heterocycles. The number of anilines is 2. The first-order valence-electron chi connectivity index (χ1n) is 30.9. The first kappa shape index (κ1) is 70.7. The minimum atomic E-state index is -1.33. The van der Waals surface area contributed by atoms with Crippen LogP contribution in [0, 0.1) is 29.6 Å². The van der Waals surface area contributed by atoms with Gasteiger partial charge in [-0.3, -0.25) is 53.3 Å². The number of amides is 12. The van der Waals surface area contributed by atoms with Gasteiger partial charge in [-0.25, -0.2) is 4.79 Å². The number of urea groups is 1. The molecule has 1 aromatic rings. The molecule has 0 aliphatic carbocycles. The van der Waals surface area contributed by atoms with Crippen LogP contribution in [0.5, 0.6) is 0 Å². The molecule has 87 heavy (non-hydrogen) atoms. The number of nitrogens with one attached hydrogen (secondary N) is 5. The molecular formula is C62H101N13O12. The van der Waals surface area contributed by atoms with Crippen molar-refractivity contribution in [1.82, 2.24) is 55.1 Å². The molecule has 6 rings (SSSR count). The summed E-state index contributed by atoms with van der Waals surface area (Å²) in [6.07, 6.45) is -1.82. The van der Waals surface area contributed by atoms with E-state index in [0.29, 0.717) is 0 Å². The number of rotatable bonds is 12. The van der Waals surface area contributed by atoms with Crippen LogP contribution in [0.2, 0.25) is 0 Å². The zero-order valence-electron chi connectivity index (χ0n) is 55.1. The zero-order valence-corrected chi connectivity index (χ0v) is 55.1. The highest BCUT2D eigenvalue weighted by molar-refractivity contribution is 6.02. The van der Waals surface area contributed by atoms with E-state index in [1.54, 1.807) is 27.7 Å². The van der Waals surface area contributed by atoms with Gasteiger partial charge in [0.15, 0.2) is 0 Å². The Balaban J connectivity index is 1.64. The molecule has 12 atom stereocenters. The Morgan fingerprint density at radius 3 is 1.46 bits per heavy atom. The van der Waals surface area contributed by atoms with Crippen LogP contribution in [0.1, 0.15) is 129 Å². The molecule has 25 heteroatoms. The molecule has 12 amide bonds. The number of benzene rings is 1. The lowest BCUT2D eigenvalue weighted by molar-refractivity contribution is -0.156. The van der Waals surface area contributed by atoms with E-state index in [1.807, 2.05) is 79.7 Å². The van der Waals surface area contributed by atoms with Crippen LogP contribution in [0.15, 0.2) is 24.3 Å². The second kappa shape index (κ2) is 29.8. The number of hydrogen-bond donors (Lipinski definition) is 5. The van der Waals surface area contributed by atoms with Crippen LogP contribution in [-0.4, -0.2) is 239 Å². The Morgan fingerprint density at radius 1 is 0.494 bits per heavy atom. The highest BCUT2D eigenvalue weighted by Crippen LogP contribution is 2.39. The molecule has 0 radical (unpaired) electrons. The van der Waals surface area contributed by atoms with Gasteiger partial charge in [0, 0.05) is 55.8 Å². The zero-order chi connectivity index (χ0) is 65.5. The molecule has 4 fully saturated rings. The number of carbonyl (C=O) groups excluding carboxylic acids is 11. The quantitative estimate of drug-likeness (QED) is 0.188. The van der Waals surface area contributed by atoms with Crippen molar-refractivity contribution in [3.8, 4) is 0 Å². The Kier molecular flexibility index (Phi) is 24.2. The van der Waals surface area contributed by atoms with Crippen molar-refractivity contribution >= 4 is 76.5 Å². The summed E-state index contributed by atoms with van der Waals surface area (Å²) in [7, 11) is 10.0. The number of nitrogens with zero attached hydrogens (tertiary/aromatic N) is 8. The average Bonchev–Trinajstić information content (AvgIpc) is 1.71. The van der Waals surface area contributed by atoms with Gasteiger partial charge < -0.3 is 65.2 Å². The smallest absolute Gasteiger partial charge is 0.324 e. The number of likely N-dealkylation sites (N-methyl/N-ethyl adjacent to an activating group) is 7. The van der Waals surface area contributed by atoms with Gasteiger partial charge in [-0.05, 0) is 87.7 Å². The summed E-state index contributed by atoms with van der Waals surface area (Å²) in [4.78, 5) is 172. The third-order valence-corrected chi connectivity index (χ3v) is 17.4. The molecule has 2 unspecified atom stereocenters. The van der Waals surface area contributed by atoms with E-state index >= 15 is 19.2 Å².